The third-order valence-electron chi connectivity index (χ3n) is 1.91. The number of rotatable bonds is 3. The van der Waals surface area contributed by atoms with Crippen LogP contribution in [0.3, 0.4) is 0 Å². The molecular weight excluding hydrogens is 206 g/mol. The van der Waals surface area contributed by atoms with Crippen molar-refractivity contribution >= 4 is 12.1 Å². The summed E-state index contributed by atoms with van der Waals surface area (Å²) in [4.78, 5) is 21.4. The van der Waals surface area contributed by atoms with E-state index in [1.54, 1.807) is 0 Å². The lowest BCUT2D eigenvalue weighted by atomic mass is 10.0. The summed E-state index contributed by atoms with van der Waals surface area (Å²) in [5.74, 6) is -1.36. The Kier molecular flexibility index (Phi) is 3.14. The Hall–Kier alpha value is -1.78. The molecule has 1 aromatic rings. The number of hydrogen-bond acceptors (Lipinski definition) is 3. The van der Waals surface area contributed by atoms with Crippen LogP contribution in [0, 0.1) is 0 Å². The number of benzene rings is 1. The quantitative estimate of drug-likeness (QED) is 0.620. The minimum Gasteiger partial charge on any atom is -0.507 e. The fourth-order valence-corrected chi connectivity index (χ4v) is 1.25. The second-order valence-corrected chi connectivity index (χ2v) is 2.98. The number of alkyl halides is 2. The van der Waals surface area contributed by atoms with Crippen LogP contribution in [0.15, 0.2) is 12.1 Å². The van der Waals surface area contributed by atoms with Crippen molar-refractivity contribution in [3.8, 4) is 5.75 Å². The summed E-state index contributed by atoms with van der Waals surface area (Å²) in [7, 11) is 0. The van der Waals surface area contributed by atoms with E-state index in [0.717, 1.165) is 19.1 Å². The highest BCUT2D eigenvalue weighted by molar-refractivity contribution is 5.98. The molecule has 0 bridgehead atoms. The molecule has 1 rings (SSSR count). The van der Waals surface area contributed by atoms with Crippen LogP contribution in [0.4, 0.5) is 8.78 Å². The molecule has 80 valence electrons. The molecule has 0 aliphatic heterocycles. The summed E-state index contributed by atoms with van der Waals surface area (Å²) >= 11 is 0. The molecule has 3 nitrogen and oxygen atoms in total. The van der Waals surface area contributed by atoms with E-state index in [1.165, 1.54) is 0 Å². The molecule has 0 saturated carbocycles. The van der Waals surface area contributed by atoms with E-state index in [2.05, 4.69) is 0 Å². The van der Waals surface area contributed by atoms with E-state index in [4.69, 9.17) is 0 Å². The first kappa shape index (κ1) is 11.3. The maximum Gasteiger partial charge on any atom is 0.268 e. The number of carbonyl (C=O) groups is 2. The van der Waals surface area contributed by atoms with E-state index >= 15 is 0 Å². The van der Waals surface area contributed by atoms with Gasteiger partial charge in [0.2, 0.25) is 0 Å². The lowest BCUT2D eigenvalue weighted by molar-refractivity contribution is 0.0996. The minimum absolute atomic E-state index is 0.0119. The fraction of sp³-hybridized carbons (Fsp3) is 0.200. The van der Waals surface area contributed by atoms with Gasteiger partial charge in [-0.05, 0) is 19.1 Å². The number of hydrogen-bond donors (Lipinski definition) is 1. The van der Waals surface area contributed by atoms with Crippen molar-refractivity contribution in [2.45, 2.75) is 13.3 Å². The zero-order chi connectivity index (χ0) is 11.6. The number of phenols is 1. The van der Waals surface area contributed by atoms with Crippen LogP contribution >= 0.6 is 0 Å². The van der Waals surface area contributed by atoms with Gasteiger partial charge in [-0.3, -0.25) is 9.59 Å². The highest BCUT2D eigenvalue weighted by Crippen LogP contribution is 2.32. The van der Waals surface area contributed by atoms with Crippen molar-refractivity contribution in [2.24, 2.45) is 0 Å². The first-order chi connectivity index (χ1) is 6.97. The van der Waals surface area contributed by atoms with Crippen molar-refractivity contribution in [1.29, 1.82) is 0 Å². The van der Waals surface area contributed by atoms with Gasteiger partial charge >= 0.3 is 0 Å². The molecule has 15 heavy (non-hydrogen) atoms. The van der Waals surface area contributed by atoms with Gasteiger partial charge in [-0.1, -0.05) is 0 Å². The van der Waals surface area contributed by atoms with Gasteiger partial charge in [0.1, 0.15) is 12.0 Å². The monoisotopic (exact) mass is 214 g/mol. The largest absolute Gasteiger partial charge is 0.507 e. The van der Waals surface area contributed by atoms with Crippen LogP contribution in [-0.2, 0) is 0 Å². The number of aldehydes is 1. The molecule has 0 radical (unpaired) electrons. The van der Waals surface area contributed by atoms with Crippen molar-refractivity contribution < 1.29 is 23.5 Å². The van der Waals surface area contributed by atoms with Crippen LogP contribution in [0.25, 0.3) is 0 Å². The van der Waals surface area contributed by atoms with Gasteiger partial charge in [0, 0.05) is 11.1 Å². The normalized spacial score (nSPS) is 10.4. The average molecular weight is 214 g/mol. The molecule has 0 saturated heterocycles. The predicted octanol–water partition coefficient (Wildman–Crippen LogP) is 2.34. The summed E-state index contributed by atoms with van der Waals surface area (Å²) in [6, 6.07) is 1.94. The SMILES string of the molecule is CC(=O)c1cc(C=O)cc(O)c1C(F)F. The van der Waals surface area contributed by atoms with Crippen LogP contribution in [-0.4, -0.2) is 17.2 Å². The second kappa shape index (κ2) is 4.16. The molecule has 0 spiro atoms. The highest BCUT2D eigenvalue weighted by atomic mass is 19.3. The number of aromatic hydroxyl groups is 1. The third-order valence-corrected chi connectivity index (χ3v) is 1.91. The molecule has 0 aromatic heterocycles. The molecule has 0 aliphatic rings. The first-order valence-electron chi connectivity index (χ1n) is 4.08. The smallest absolute Gasteiger partial charge is 0.268 e. The van der Waals surface area contributed by atoms with E-state index in [1.807, 2.05) is 0 Å². The van der Waals surface area contributed by atoms with E-state index in [9.17, 15) is 23.5 Å². The number of ketones is 1. The Morgan fingerprint density at radius 1 is 1.47 bits per heavy atom. The summed E-state index contributed by atoms with van der Waals surface area (Å²) in [6.45, 7) is 1.09. The standard InChI is InChI=1S/C10H8F2O3/c1-5(14)7-2-6(4-13)3-8(15)9(7)10(11)12/h2-4,10,15H,1H3. The molecule has 0 fully saturated rings. The van der Waals surface area contributed by atoms with Gasteiger partial charge in [0.15, 0.2) is 5.78 Å². The number of phenolic OH excluding ortho intramolecular Hbond substituents is 1. The van der Waals surface area contributed by atoms with Gasteiger partial charge in [0.25, 0.3) is 6.43 Å². The lowest BCUT2D eigenvalue weighted by Crippen LogP contribution is -2.02. The molecule has 5 heteroatoms. The fourth-order valence-electron chi connectivity index (χ4n) is 1.25. The number of Topliss-reactive ketones (excluding diaryl/α,β-unsaturated/α-hetero) is 1. The van der Waals surface area contributed by atoms with Crippen LogP contribution in [0.2, 0.25) is 0 Å². The molecular formula is C10H8F2O3. The molecule has 0 amide bonds. The summed E-state index contributed by atoms with van der Waals surface area (Å²) in [6.07, 6.45) is -2.58. The first-order valence-corrected chi connectivity index (χ1v) is 4.08. The average Bonchev–Trinajstić information content (AvgIpc) is 2.15. The van der Waals surface area contributed by atoms with E-state index in [0.29, 0.717) is 6.29 Å². The Balaban J connectivity index is 3.49. The molecule has 0 unspecified atom stereocenters. The van der Waals surface area contributed by atoms with Gasteiger partial charge in [-0.25, -0.2) is 8.78 Å². The zero-order valence-corrected chi connectivity index (χ0v) is 7.83. The van der Waals surface area contributed by atoms with Crippen molar-refractivity contribution in [2.75, 3.05) is 0 Å². The number of halogens is 2. The molecule has 0 atom stereocenters. The van der Waals surface area contributed by atoms with E-state index < -0.39 is 23.5 Å². The third kappa shape index (κ3) is 2.18. The minimum atomic E-state index is -2.95. The second-order valence-electron chi connectivity index (χ2n) is 2.98. The molecule has 1 aromatic carbocycles. The van der Waals surface area contributed by atoms with Crippen molar-refractivity contribution in [3.63, 3.8) is 0 Å². The van der Waals surface area contributed by atoms with E-state index in [-0.39, 0.29) is 11.1 Å². The summed E-state index contributed by atoms with van der Waals surface area (Å²) in [5, 5.41) is 9.23. The maximum absolute atomic E-state index is 12.5. The Bertz CT molecular complexity index is 413. The maximum atomic E-state index is 12.5. The lowest BCUT2D eigenvalue weighted by Gasteiger charge is -2.09. The number of carbonyl (C=O) groups excluding carboxylic acids is 2. The summed E-state index contributed by atoms with van der Waals surface area (Å²) < 4.78 is 25.0. The summed E-state index contributed by atoms with van der Waals surface area (Å²) in [5.41, 5.74) is -1.07. The topological polar surface area (TPSA) is 54.4 Å². The van der Waals surface area contributed by atoms with Gasteiger partial charge < -0.3 is 5.11 Å². The molecule has 0 heterocycles. The van der Waals surface area contributed by atoms with Gasteiger partial charge in [-0.2, -0.15) is 0 Å². The van der Waals surface area contributed by atoms with Crippen molar-refractivity contribution in [1.82, 2.24) is 0 Å². The Labute approximate surface area is 84.3 Å². The predicted molar refractivity (Wildman–Crippen MR) is 48.5 cm³/mol. The van der Waals surface area contributed by atoms with Crippen LogP contribution < -0.4 is 0 Å². The Morgan fingerprint density at radius 3 is 2.47 bits per heavy atom. The molecule has 1 N–H and O–H groups in total. The van der Waals surface area contributed by atoms with Gasteiger partial charge in [0.05, 0.1) is 5.56 Å². The van der Waals surface area contributed by atoms with Crippen molar-refractivity contribution in [3.05, 3.63) is 28.8 Å². The van der Waals surface area contributed by atoms with Crippen LogP contribution in [0.1, 0.15) is 39.6 Å². The highest BCUT2D eigenvalue weighted by Gasteiger charge is 2.21. The Morgan fingerprint density at radius 2 is 2.07 bits per heavy atom. The van der Waals surface area contributed by atoms with Gasteiger partial charge in [-0.15, -0.1) is 0 Å². The zero-order valence-electron chi connectivity index (χ0n) is 7.83. The molecule has 0 aliphatic carbocycles. The van der Waals surface area contributed by atoms with Crippen LogP contribution in [0.5, 0.6) is 5.75 Å².